The number of nitrogen functional groups attached to an aromatic ring is 1. The summed E-state index contributed by atoms with van der Waals surface area (Å²) in [5, 5.41) is 1.85. The van der Waals surface area contributed by atoms with E-state index >= 15 is 0 Å². The Balaban J connectivity index is 2.30. The Morgan fingerprint density at radius 1 is 1.32 bits per heavy atom. The van der Waals surface area contributed by atoms with Crippen LogP contribution in [0, 0.1) is 6.92 Å². The maximum Gasteiger partial charge on any atom is 0.400 e. The van der Waals surface area contributed by atoms with Crippen molar-refractivity contribution in [2.45, 2.75) is 26.8 Å². The van der Waals surface area contributed by atoms with Crippen molar-refractivity contribution in [3.8, 4) is 0 Å². The van der Waals surface area contributed by atoms with Crippen LogP contribution >= 0.6 is 19.5 Å². The number of carbonyl (C=O) groups is 2. The van der Waals surface area contributed by atoms with Gasteiger partial charge in [-0.15, -0.1) is 0 Å². The number of thioether (sulfide) groups is 1. The fourth-order valence-corrected chi connectivity index (χ4v) is 3.93. The van der Waals surface area contributed by atoms with Crippen LogP contribution < -0.4 is 10.8 Å². The van der Waals surface area contributed by atoms with E-state index in [2.05, 4.69) is 15.1 Å². The number of carbonyl (C=O) groups excluding carboxylic acids is 2. The van der Waals surface area contributed by atoms with Gasteiger partial charge in [-0.05, 0) is 32.0 Å². The number of nitrogens with two attached hydrogens (primary N) is 1. The molecule has 0 saturated carbocycles. The molecule has 2 rings (SSSR count). The molecule has 166 valence electrons. The Bertz CT molecular complexity index is 1010. The third-order valence-corrected chi connectivity index (χ3v) is 6.02. The SMILES string of the molecule is C/C(=C(/CCNP(=O)(O)O)SC(=O)c1ccccc1)N(C=O)Cc1cnc(C)nc1N. The number of nitrogens with zero attached hydrogens (tertiary/aromatic N) is 3. The zero-order chi connectivity index (χ0) is 23.0. The molecule has 1 heterocycles. The molecule has 2 aromatic rings. The average molecular weight is 465 g/mol. The Morgan fingerprint density at radius 2 is 2.00 bits per heavy atom. The molecule has 1 aromatic heterocycles. The quantitative estimate of drug-likeness (QED) is 0.303. The molecule has 0 unspecified atom stereocenters. The number of aryl methyl sites for hydroxylation is 1. The molecule has 0 aliphatic rings. The number of nitrogens with one attached hydrogen (secondary N) is 1. The van der Waals surface area contributed by atoms with E-state index in [0.29, 0.717) is 34.0 Å². The van der Waals surface area contributed by atoms with E-state index < -0.39 is 7.75 Å². The van der Waals surface area contributed by atoms with Crippen LogP contribution in [0.25, 0.3) is 0 Å². The molecular formula is C19H24N5O5PS. The Kier molecular flexibility index (Phi) is 8.90. The Hall–Kier alpha value is -2.56. The van der Waals surface area contributed by atoms with Gasteiger partial charge in [0.1, 0.15) is 11.6 Å². The summed E-state index contributed by atoms with van der Waals surface area (Å²) in [6.45, 7) is 3.34. The number of rotatable bonds is 10. The van der Waals surface area contributed by atoms with Crippen molar-refractivity contribution in [2.24, 2.45) is 0 Å². The van der Waals surface area contributed by atoms with Crippen LogP contribution in [-0.2, 0) is 15.9 Å². The lowest BCUT2D eigenvalue weighted by atomic mass is 10.2. The van der Waals surface area contributed by atoms with Crippen molar-refractivity contribution in [3.05, 3.63) is 64.1 Å². The topological polar surface area (TPSA) is 159 Å². The fourth-order valence-electron chi connectivity index (χ4n) is 2.58. The van der Waals surface area contributed by atoms with Crippen molar-refractivity contribution < 1.29 is 23.9 Å². The highest BCUT2D eigenvalue weighted by molar-refractivity contribution is 8.17. The molecule has 5 N–H and O–H groups in total. The van der Waals surface area contributed by atoms with Crippen LogP contribution in [0.4, 0.5) is 5.82 Å². The summed E-state index contributed by atoms with van der Waals surface area (Å²) in [6.07, 6.45) is 2.24. The summed E-state index contributed by atoms with van der Waals surface area (Å²) in [7, 11) is -4.42. The molecule has 0 aliphatic heterocycles. The molecule has 0 fully saturated rings. The number of amides is 1. The zero-order valence-corrected chi connectivity index (χ0v) is 18.8. The van der Waals surface area contributed by atoms with Crippen LogP contribution in [0.15, 0.2) is 47.1 Å². The lowest BCUT2D eigenvalue weighted by molar-refractivity contribution is -0.116. The van der Waals surface area contributed by atoms with Crippen LogP contribution in [0.2, 0.25) is 0 Å². The van der Waals surface area contributed by atoms with E-state index in [1.807, 2.05) is 0 Å². The van der Waals surface area contributed by atoms with Crippen LogP contribution in [0.3, 0.4) is 0 Å². The highest BCUT2D eigenvalue weighted by atomic mass is 32.2. The first-order valence-corrected chi connectivity index (χ1v) is 11.6. The van der Waals surface area contributed by atoms with E-state index in [1.54, 1.807) is 44.2 Å². The van der Waals surface area contributed by atoms with Gasteiger partial charge in [0, 0.05) is 34.5 Å². The summed E-state index contributed by atoms with van der Waals surface area (Å²) in [5.41, 5.74) is 7.37. The first kappa shape index (κ1) is 24.7. The van der Waals surface area contributed by atoms with E-state index in [0.717, 1.165) is 11.8 Å². The summed E-state index contributed by atoms with van der Waals surface area (Å²) < 4.78 is 11.1. The predicted molar refractivity (Wildman–Crippen MR) is 119 cm³/mol. The number of benzene rings is 1. The summed E-state index contributed by atoms with van der Waals surface area (Å²) in [4.78, 5) is 52.6. The number of allylic oxidation sites excluding steroid dienone is 1. The van der Waals surface area contributed by atoms with Crippen molar-refractivity contribution in [1.29, 1.82) is 0 Å². The maximum absolute atomic E-state index is 12.7. The van der Waals surface area contributed by atoms with E-state index in [-0.39, 0.29) is 30.4 Å². The van der Waals surface area contributed by atoms with Gasteiger partial charge in [0.05, 0.1) is 6.54 Å². The monoisotopic (exact) mass is 465 g/mol. The Labute approximate surface area is 184 Å². The van der Waals surface area contributed by atoms with Gasteiger partial charge in [0.15, 0.2) is 0 Å². The van der Waals surface area contributed by atoms with Gasteiger partial charge in [-0.1, -0.05) is 30.3 Å². The molecule has 31 heavy (non-hydrogen) atoms. The van der Waals surface area contributed by atoms with E-state index in [1.165, 1.54) is 11.1 Å². The first-order chi connectivity index (χ1) is 14.6. The van der Waals surface area contributed by atoms with Crippen molar-refractivity contribution in [2.75, 3.05) is 12.3 Å². The Morgan fingerprint density at radius 3 is 2.58 bits per heavy atom. The summed E-state index contributed by atoms with van der Waals surface area (Å²) >= 11 is 0.902. The van der Waals surface area contributed by atoms with Gasteiger partial charge in [-0.2, -0.15) is 0 Å². The summed E-state index contributed by atoms with van der Waals surface area (Å²) in [5.74, 6) is 0.740. The smallest absolute Gasteiger partial charge is 0.383 e. The second-order valence-electron chi connectivity index (χ2n) is 6.53. The van der Waals surface area contributed by atoms with Gasteiger partial charge in [-0.25, -0.2) is 19.6 Å². The van der Waals surface area contributed by atoms with Crippen LogP contribution in [0.5, 0.6) is 0 Å². The summed E-state index contributed by atoms with van der Waals surface area (Å²) in [6, 6.07) is 8.58. The molecule has 0 atom stereocenters. The second-order valence-corrected chi connectivity index (χ2v) is 9.00. The normalized spacial score (nSPS) is 12.3. The van der Waals surface area contributed by atoms with Crippen molar-refractivity contribution in [1.82, 2.24) is 20.0 Å². The molecule has 0 radical (unpaired) electrons. The van der Waals surface area contributed by atoms with Gasteiger partial charge < -0.3 is 20.4 Å². The van der Waals surface area contributed by atoms with Gasteiger partial charge in [-0.3, -0.25) is 9.59 Å². The third-order valence-electron chi connectivity index (χ3n) is 4.22. The van der Waals surface area contributed by atoms with Crippen LogP contribution in [-0.4, -0.2) is 42.7 Å². The van der Waals surface area contributed by atoms with E-state index in [4.69, 9.17) is 15.5 Å². The minimum Gasteiger partial charge on any atom is -0.383 e. The lowest BCUT2D eigenvalue weighted by Gasteiger charge is -2.22. The second kappa shape index (κ2) is 11.2. The fraction of sp³-hybridized carbons (Fsp3) is 0.263. The zero-order valence-electron chi connectivity index (χ0n) is 17.1. The molecule has 0 bridgehead atoms. The molecule has 10 nitrogen and oxygen atoms in total. The van der Waals surface area contributed by atoms with Gasteiger partial charge in [0.2, 0.25) is 11.5 Å². The molecule has 1 aromatic carbocycles. The van der Waals surface area contributed by atoms with Crippen LogP contribution in [0.1, 0.15) is 35.1 Å². The predicted octanol–water partition coefficient (Wildman–Crippen LogP) is 2.20. The first-order valence-electron chi connectivity index (χ1n) is 9.18. The van der Waals surface area contributed by atoms with Gasteiger partial charge in [0.25, 0.3) is 0 Å². The molecule has 1 amide bonds. The molecule has 0 aliphatic carbocycles. The maximum atomic E-state index is 12.7. The molecule has 0 saturated heterocycles. The molecular weight excluding hydrogens is 441 g/mol. The number of anilines is 1. The largest absolute Gasteiger partial charge is 0.400 e. The van der Waals surface area contributed by atoms with Gasteiger partial charge >= 0.3 is 7.75 Å². The average Bonchev–Trinajstić information content (AvgIpc) is 2.71. The minimum atomic E-state index is -4.42. The number of hydrogen-bond donors (Lipinski definition) is 4. The highest BCUT2D eigenvalue weighted by Crippen LogP contribution is 2.32. The third kappa shape index (κ3) is 7.89. The van der Waals surface area contributed by atoms with Crippen molar-refractivity contribution >= 4 is 36.9 Å². The minimum absolute atomic E-state index is 0.0803. The molecule has 12 heteroatoms. The standard InChI is InChI=1S/C19H24N5O5PS/c1-13(24(12-25)11-16-10-21-14(2)23-18(16)20)17(8-9-22-30(27,28)29)31-19(26)15-6-4-3-5-7-15/h3-7,10,12H,8-9,11H2,1-2H3,(H2,20,21,23)(H3,22,27,28,29)/b17-13+. The highest BCUT2D eigenvalue weighted by Gasteiger charge is 2.19. The number of hydrogen-bond acceptors (Lipinski definition) is 7. The lowest BCUT2D eigenvalue weighted by Crippen LogP contribution is -2.23. The number of aromatic nitrogens is 2. The molecule has 0 spiro atoms. The van der Waals surface area contributed by atoms with Crippen molar-refractivity contribution in [3.63, 3.8) is 0 Å². The van der Waals surface area contributed by atoms with E-state index in [9.17, 15) is 14.2 Å².